The van der Waals surface area contributed by atoms with Gasteiger partial charge in [0.05, 0.1) is 6.04 Å². The van der Waals surface area contributed by atoms with Crippen LogP contribution in [0.4, 0.5) is 5.69 Å². The van der Waals surface area contributed by atoms with Gasteiger partial charge in [-0.25, -0.2) is 0 Å². The van der Waals surface area contributed by atoms with Crippen molar-refractivity contribution in [2.45, 2.75) is 32.7 Å². The number of nitrogens with one attached hydrogen (secondary N) is 1. The van der Waals surface area contributed by atoms with Gasteiger partial charge in [0.15, 0.2) is 0 Å². The largest absolute Gasteiger partial charge is 0.396 e. The van der Waals surface area contributed by atoms with Gasteiger partial charge in [-0.05, 0) is 36.5 Å². The Labute approximate surface area is 108 Å². The van der Waals surface area contributed by atoms with Crippen molar-refractivity contribution in [3.63, 3.8) is 0 Å². The van der Waals surface area contributed by atoms with Crippen LogP contribution in [-0.2, 0) is 11.2 Å². The van der Waals surface area contributed by atoms with Crippen molar-refractivity contribution in [1.29, 1.82) is 0 Å². The third-order valence-electron chi connectivity index (χ3n) is 2.68. The summed E-state index contributed by atoms with van der Waals surface area (Å²) in [7, 11) is 0. The Kier molecular flexibility index (Phi) is 5.82. The SMILES string of the molecule is CC(C)C[C@@H](N)C(=O)Nc1ccc(CCO)cc1. The van der Waals surface area contributed by atoms with Crippen molar-refractivity contribution >= 4 is 11.6 Å². The van der Waals surface area contributed by atoms with E-state index in [-0.39, 0.29) is 12.5 Å². The maximum Gasteiger partial charge on any atom is 0.241 e. The zero-order valence-corrected chi connectivity index (χ0v) is 11.0. The lowest BCUT2D eigenvalue weighted by atomic mass is 10.0. The molecule has 0 bridgehead atoms. The van der Waals surface area contributed by atoms with Crippen LogP contribution in [-0.4, -0.2) is 23.7 Å². The van der Waals surface area contributed by atoms with Crippen LogP contribution in [0.3, 0.4) is 0 Å². The number of carbonyl (C=O) groups excluding carboxylic acids is 1. The summed E-state index contributed by atoms with van der Waals surface area (Å²) >= 11 is 0. The molecule has 0 radical (unpaired) electrons. The van der Waals surface area contributed by atoms with Gasteiger partial charge in [0.1, 0.15) is 0 Å². The van der Waals surface area contributed by atoms with Crippen LogP contribution in [0.1, 0.15) is 25.8 Å². The van der Waals surface area contributed by atoms with Gasteiger partial charge in [-0.2, -0.15) is 0 Å². The second-order valence-corrected chi connectivity index (χ2v) is 4.90. The number of hydrogen-bond acceptors (Lipinski definition) is 3. The number of hydrogen-bond donors (Lipinski definition) is 3. The molecule has 1 amide bonds. The lowest BCUT2D eigenvalue weighted by Gasteiger charge is -2.14. The maximum absolute atomic E-state index is 11.8. The third kappa shape index (κ3) is 4.85. The normalized spacial score (nSPS) is 12.5. The summed E-state index contributed by atoms with van der Waals surface area (Å²) in [5.41, 5.74) is 7.58. The van der Waals surface area contributed by atoms with E-state index in [1.807, 2.05) is 38.1 Å². The van der Waals surface area contributed by atoms with E-state index in [0.29, 0.717) is 18.8 Å². The van der Waals surface area contributed by atoms with Crippen LogP contribution in [0.5, 0.6) is 0 Å². The molecule has 4 nitrogen and oxygen atoms in total. The van der Waals surface area contributed by atoms with Gasteiger partial charge in [-0.15, -0.1) is 0 Å². The fraction of sp³-hybridized carbons (Fsp3) is 0.500. The molecule has 0 unspecified atom stereocenters. The van der Waals surface area contributed by atoms with E-state index in [0.717, 1.165) is 11.3 Å². The number of carbonyl (C=O) groups is 1. The minimum Gasteiger partial charge on any atom is -0.396 e. The first kappa shape index (κ1) is 14.7. The first-order chi connectivity index (χ1) is 8.52. The van der Waals surface area contributed by atoms with E-state index in [2.05, 4.69) is 5.32 Å². The molecule has 0 spiro atoms. The molecule has 0 saturated heterocycles. The molecule has 18 heavy (non-hydrogen) atoms. The molecule has 4 N–H and O–H groups in total. The van der Waals surface area contributed by atoms with Gasteiger partial charge in [0, 0.05) is 12.3 Å². The smallest absolute Gasteiger partial charge is 0.241 e. The van der Waals surface area contributed by atoms with Crippen molar-refractivity contribution in [1.82, 2.24) is 0 Å². The molecule has 0 saturated carbocycles. The highest BCUT2D eigenvalue weighted by atomic mass is 16.2. The average Bonchev–Trinajstić information content (AvgIpc) is 2.31. The van der Waals surface area contributed by atoms with E-state index in [4.69, 9.17) is 10.8 Å². The van der Waals surface area contributed by atoms with Gasteiger partial charge in [-0.3, -0.25) is 4.79 Å². The molecule has 1 aromatic rings. The van der Waals surface area contributed by atoms with Crippen LogP contribution in [0.25, 0.3) is 0 Å². The standard InChI is InChI=1S/C14H22N2O2/c1-10(2)9-13(15)14(18)16-12-5-3-11(4-6-12)7-8-17/h3-6,10,13,17H,7-9,15H2,1-2H3,(H,16,18)/t13-/m1/s1. The van der Waals surface area contributed by atoms with E-state index >= 15 is 0 Å². The summed E-state index contributed by atoms with van der Waals surface area (Å²) in [6.45, 7) is 4.21. The number of anilines is 1. The van der Waals surface area contributed by atoms with Crippen LogP contribution in [0.2, 0.25) is 0 Å². The average molecular weight is 250 g/mol. The number of rotatable bonds is 6. The van der Waals surface area contributed by atoms with E-state index in [1.54, 1.807) is 0 Å². The maximum atomic E-state index is 11.8. The Balaban J connectivity index is 2.53. The lowest BCUT2D eigenvalue weighted by molar-refractivity contribution is -0.117. The van der Waals surface area contributed by atoms with Crippen LogP contribution in [0.15, 0.2) is 24.3 Å². The molecular weight excluding hydrogens is 228 g/mol. The van der Waals surface area contributed by atoms with Gasteiger partial charge >= 0.3 is 0 Å². The highest BCUT2D eigenvalue weighted by Gasteiger charge is 2.14. The van der Waals surface area contributed by atoms with Crippen molar-refractivity contribution < 1.29 is 9.90 Å². The van der Waals surface area contributed by atoms with Gasteiger partial charge in [0.2, 0.25) is 5.91 Å². The summed E-state index contributed by atoms with van der Waals surface area (Å²) in [5, 5.41) is 11.6. The quantitative estimate of drug-likeness (QED) is 0.716. The van der Waals surface area contributed by atoms with Crippen molar-refractivity contribution in [3.05, 3.63) is 29.8 Å². The topological polar surface area (TPSA) is 75.4 Å². The highest BCUT2D eigenvalue weighted by molar-refractivity contribution is 5.94. The molecule has 0 aliphatic rings. The van der Waals surface area contributed by atoms with Crippen LogP contribution < -0.4 is 11.1 Å². The Hall–Kier alpha value is -1.39. The summed E-state index contributed by atoms with van der Waals surface area (Å²) in [6.07, 6.45) is 1.30. The van der Waals surface area contributed by atoms with E-state index in [9.17, 15) is 4.79 Å². The van der Waals surface area contributed by atoms with Crippen molar-refractivity contribution in [2.75, 3.05) is 11.9 Å². The molecule has 1 atom stereocenters. The fourth-order valence-corrected chi connectivity index (χ4v) is 1.73. The first-order valence-corrected chi connectivity index (χ1v) is 6.29. The van der Waals surface area contributed by atoms with Crippen LogP contribution >= 0.6 is 0 Å². The van der Waals surface area contributed by atoms with Crippen LogP contribution in [0, 0.1) is 5.92 Å². The molecule has 0 aromatic heterocycles. The van der Waals surface area contributed by atoms with Crippen molar-refractivity contribution in [3.8, 4) is 0 Å². The molecule has 0 heterocycles. The first-order valence-electron chi connectivity index (χ1n) is 6.29. The number of aliphatic hydroxyl groups is 1. The second-order valence-electron chi connectivity index (χ2n) is 4.90. The predicted octanol–water partition coefficient (Wildman–Crippen LogP) is 1.53. The molecule has 1 aromatic carbocycles. The van der Waals surface area contributed by atoms with Gasteiger partial charge in [-0.1, -0.05) is 26.0 Å². The fourth-order valence-electron chi connectivity index (χ4n) is 1.73. The predicted molar refractivity (Wildman–Crippen MR) is 73.3 cm³/mol. The molecule has 4 heteroatoms. The summed E-state index contributed by atoms with van der Waals surface area (Å²) in [4.78, 5) is 11.8. The Morgan fingerprint density at radius 3 is 2.44 bits per heavy atom. The summed E-state index contributed by atoms with van der Waals surface area (Å²) in [5.74, 6) is 0.247. The Bertz CT molecular complexity index is 374. The Morgan fingerprint density at radius 1 is 1.33 bits per heavy atom. The number of aliphatic hydroxyl groups excluding tert-OH is 1. The number of benzene rings is 1. The van der Waals surface area contributed by atoms with Gasteiger partial charge < -0.3 is 16.2 Å². The Morgan fingerprint density at radius 2 is 1.94 bits per heavy atom. The monoisotopic (exact) mass is 250 g/mol. The lowest BCUT2D eigenvalue weighted by Crippen LogP contribution is -2.36. The minimum absolute atomic E-state index is 0.130. The zero-order valence-electron chi connectivity index (χ0n) is 11.0. The highest BCUT2D eigenvalue weighted by Crippen LogP contribution is 2.11. The number of amides is 1. The molecular formula is C14H22N2O2. The second kappa shape index (κ2) is 7.13. The summed E-state index contributed by atoms with van der Waals surface area (Å²) < 4.78 is 0. The molecule has 100 valence electrons. The molecule has 0 fully saturated rings. The van der Waals surface area contributed by atoms with Gasteiger partial charge in [0.25, 0.3) is 0 Å². The molecule has 1 rings (SSSR count). The zero-order chi connectivity index (χ0) is 13.5. The molecule has 0 aliphatic carbocycles. The van der Waals surface area contributed by atoms with E-state index in [1.165, 1.54) is 0 Å². The van der Waals surface area contributed by atoms with E-state index < -0.39 is 6.04 Å². The summed E-state index contributed by atoms with van der Waals surface area (Å²) in [6, 6.07) is 6.96. The molecule has 0 aliphatic heterocycles. The number of nitrogens with two attached hydrogens (primary N) is 1. The minimum atomic E-state index is -0.470. The van der Waals surface area contributed by atoms with Crippen molar-refractivity contribution in [2.24, 2.45) is 11.7 Å². The third-order valence-corrected chi connectivity index (χ3v) is 2.68.